The first-order valence-electron chi connectivity index (χ1n) is 6.47. The van der Waals surface area contributed by atoms with Crippen molar-refractivity contribution in [3.8, 4) is 0 Å². The number of carbonyl (C=O) groups is 3. The monoisotopic (exact) mass is 285 g/mol. The highest BCUT2D eigenvalue weighted by atomic mass is 16.4. The number of nitrogens with zero attached hydrogens (tertiary/aromatic N) is 3. The van der Waals surface area contributed by atoms with E-state index in [9.17, 15) is 14.4 Å². The molecule has 0 aromatic carbocycles. The lowest BCUT2D eigenvalue weighted by Gasteiger charge is -2.27. The second-order valence-electron chi connectivity index (χ2n) is 4.27. The maximum absolute atomic E-state index is 12.1. The Morgan fingerprint density at radius 1 is 1.10 bits per heavy atom. The Morgan fingerprint density at radius 3 is 2.05 bits per heavy atom. The van der Waals surface area contributed by atoms with E-state index in [0.717, 1.165) is 4.90 Å². The lowest BCUT2D eigenvalue weighted by atomic mass is 10.4. The zero-order valence-electron chi connectivity index (χ0n) is 12.3. The van der Waals surface area contributed by atoms with Crippen LogP contribution in [-0.2, 0) is 9.59 Å². The first kappa shape index (κ1) is 17.9. The fourth-order valence-electron chi connectivity index (χ4n) is 1.72. The minimum atomic E-state index is -1.11. The average molecular weight is 285 g/mol. The smallest absolute Gasteiger partial charge is 0.323 e. The maximum atomic E-state index is 12.1. The molecule has 0 aromatic heterocycles. The van der Waals surface area contributed by atoms with Gasteiger partial charge in [0.25, 0.3) is 0 Å². The van der Waals surface area contributed by atoms with Crippen LogP contribution in [0.1, 0.15) is 13.8 Å². The standard InChI is InChI=1S/C13H23N3O4/c1-5-8-16(10-12(18)19)13(20)14(4)9-11(17)15(6-2)7-3/h5H,1,6-10H2,2-4H3,(H,18,19). The normalized spacial score (nSPS) is 9.75. The van der Waals surface area contributed by atoms with E-state index in [4.69, 9.17) is 5.11 Å². The second kappa shape index (κ2) is 8.95. The Labute approximate surface area is 119 Å². The van der Waals surface area contributed by atoms with Gasteiger partial charge in [0.2, 0.25) is 5.91 Å². The quantitative estimate of drug-likeness (QED) is 0.658. The predicted octanol–water partition coefficient (Wildman–Crippen LogP) is 0.479. The summed E-state index contributed by atoms with van der Waals surface area (Å²) in [5.74, 6) is -1.27. The lowest BCUT2D eigenvalue weighted by Crippen LogP contribution is -2.47. The molecule has 0 saturated carbocycles. The molecule has 0 rings (SSSR count). The molecule has 0 spiro atoms. The van der Waals surface area contributed by atoms with Crippen molar-refractivity contribution in [2.24, 2.45) is 0 Å². The number of hydrogen-bond donors (Lipinski definition) is 1. The molecule has 0 fully saturated rings. The average Bonchev–Trinajstić information content (AvgIpc) is 2.38. The Balaban J connectivity index is 4.67. The highest BCUT2D eigenvalue weighted by Gasteiger charge is 2.22. The molecule has 0 aliphatic heterocycles. The summed E-state index contributed by atoms with van der Waals surface area (Å²) in [6, 6.07) is -0.507. The van der Waals surface area contributed by atoms with Crippen molar-refractivity contribution >= 4 is 17.9 Å². The van der Waals surface area contributed by atoms with E-state index in [1.54, 1.807) is 4.90 Å². The van der Waals surface area contributed by atoms with E-state index in [1.807, 2.05) is 13.8 Å². The third kappa shape index (κ3) is 5.73. The van der Waals surface area contributed by atoms with E-state index in [0.29, 0.717) is 13.1 Å². The zero-order chi connectivity index (χ0) is 15.7. The van der Waals surface area contributed by atoms with Crippen molar-refractivity contribution in [3.05, 3.63) is 12.7 Å². The summed E-state index contributed by atoms with van der Waals surface area (Å²) in [5, 5.41) is 8.77. The number of aliphatic carboxylic acids is 1. The maximum Gasteiger partial charge on any atom is 0.323 e. The molecule has 0 aromatic rings. The molecule has 0 heterocycles. The summed E-state index contributed by atoms with van der Waals surface area (Å²) in [5.41, 5.74) is 0. The molecule has 0 aliphatic rings. The molecule has 0 bridgehead atoms. The number of likely N-dealkylation sites (N-methyl/N-ethyl adjacent to an activating group) is 2. The van der Waals surface area contributed by atoms with Crippen molar-refractivity contribution in [2.75, 3.05) is 39.8 Å². The molecule has 0 atom stereocenters. The lowest BCUT2D eigenvalue weighted by molar-refractivity contribution is -0.137. The van der Waals surface area contributed by atoms with Gasteiger partial charge in [-0.15, -0.1) is 6.58 Å². The zero-order valence-corrected chi connectivity index (χ0v) is 12.3. The number of hydrogen-bond acceptors (Lipinski definition) is 3. The molecule has 114 valence electrons. The third-order valence-electron chi connectivity index (χ3n) is 2.76. The van der Waals surface area contributed by atoms with Crippen molar-refractivity contribution in [2.45, 2.75) is 13.8 Å². The van der Waals surface area contributed by atoms with Crippen molar-refractivity contribution in [3.63, 3.8) is 0 Å². The molecule has 7 heteroatoms. The number of urea groups is 1. The van der Waals surface area contributed by atoms with E-state index in [1.165, 1.54) is 18.0 Å². The molecular formula is C13H23N3O4. The summed E-state index contributed by atoms with van der Waals surface area (Å²) >= 11 is 0. The Bertz CT molecular complexity index is 367. The number of amides is 3. The summed E-state index contributed by atoms with van der Waals surface area (Å²) in [6.07, 6.45) is 1.45. The van der Waals surface area contributed by atoms with Crippen LogP contribution in [-0.4, -0.2) is 77.5 Å². The number of carboxylic acid groups (broad SMARTS) is 1. The molecule has 20 heavy (non-hydrogen) atoms. The first-order chi connectivity index (χ1) is 9.37. The molecule has 0 aliphatic carbocycles. The summed E-state index contributed by atoms with van der Waals surface area (Å²) < 4.78 is 0. The molecule has 3 amide bonds. The molecule has 7 nitrogen and oxygen atoms in total. The van der Waals surface area contributed by atoms with Gasteiger partial charge in [0, 0.05) is 26.7 Å². The van der Waals surface area contributed by atoms with Gasteiger partial charge < -0.3 is 19.8 Å². The molecule has 0 unspecified atom stereocenters. The van der Waals surface area contributed by atoms with Crippen LogP contribution in [0.15, 0.2) is 12.7 Å². The van der Waals surface area contributed by atoms with Crippen LogP contribution < -0.4 is 0 Å². The van der Waals surface area contributed by atoms with Gasteiger partial charge in [0.1, 0.15) is 13.1 Å². The first-order valence-corrected chi connectivity index (χ1v) is 6.47. The number of carbonyl (C=O) groups excluding carboxylic acids is 2. The van der Waals surface area contributed by atoms with Crippen molar-refractivity contribution in [1.29, 1.82) is 0 Å². The van der Waals surface area contributed by atoms with Gasteiger partial charge in [0.15, 0.2) is 0 Å². The van der Waals surface area contributed by atoms with E-state index < -0.39 is 18.5 Å². The summed E-state index contributed by atoms with van der Waals surface area (Å²) in [4.78, 5) is 38.6. The van der Waals surface area contributed by atoms with Crippen molar-refractivity contribution in [1.82, 2.24) is 14.7 Å². The van der Waals surface area contributed by atoms with Crippen molar-refractivity contribution < 1.29 is 19.5 Å². The largest absolute Gasteiger partial charge is 0.480 e. The Hall–Kier alpha value is -2.05. The fourth-order valence-corrected chi connectivity index (χ4v) is 1.72. The van der Waals surface area contributed by atoms with E-state index >= 15 is 0 Å². The SMILES string of the molecule is C=CCN(CC(=O)O)C(=O)N(C)CC(=O)N(CC)CC. The summed E-state index contributed by atoms with van der Waals surface area (Å²) in [6.45, 7) is 7.97. The second-order valence-corrected chi connectivity index (χ2v) is 4.27. The predicted molar refractivity (Wildman–Crippen MR) is 75.4 cm³/mol. The van der Waals surface area contributed by atoms with Gasteiger partial charge in [-0.25, -0.2) is 4.79 Å². The minimum absolute atomic E-state index is 0.0756. The van der Waals surface area contributed by atoms with Gasteiger partial charge in [-0.1, -0.05) is 6.08 Å². The molecule has 0 saturated heterocycles. The summed E-state index contributed by atoms with van der Waals surface area (Å²) in [7, 11) is 1.47. The third-order valence-corrected chi connectivity index (χ3v) is 2.76. The minimum Gasteiger partial charge on any atom is -0.480 e. The fraction of sp³-hybridized carbons (Fsp3) is 0.615. The topological polar surface area (TPSA) is 81.2 Å². The van der Waals surface area contributed by atoms with Crippen LogP contribution in [0.5, 0.6) is 0 Å². The van der Waals surface area contributed by atoms with Crippen LogP contribution in [0.2, 0.25) is 0 Å². The van der Waals surface area contributed by atoms with Gasteiger partial charge in [-0.05, 0) is 13.8 Å². The Kier molecular flexibility index (Phi) is 8.03. The Morgan fingerprint density at radius 2 is 1.65 bits per heavy atom. The van der Waals surface area contributed by atoms with Gasteiger partial charge in [-0.3, -0.25) is 9.59 Å². The van der Waals surface area contributed by atoms with Crippen LogP contribution in [0.3, 0.4) is 0 Å². The highest BCUT2D eigenvalue weighted by molar-refractivity contribution is 5.85. The highest BCUT2D eigenvalue weighted by Crippen LogP contribution is 2.00. The van der Waals surface area contributed by atoms with Crippen LogP contribution in [0.4, 0.5) is 4.79 Å². The molecule has 0 radical (unpaired) electrons. The van der Waals surface area contributed by atoms with E-state index in [2.05, 4.69) is 6.58 Å². The van der Waals surface area contributed by atoms with Crippen LogP contribution >= 0.6 is 0 Å². The number of carboxylic acids is 1. The molecule has 1 N–H and O–H groups in total. The molecular weight excluding hydrogens is 262 g/mol. The van der Waals surface area contributed by atoms with Crippen LogP contribution in [0.25, 0.3) is 0 Å². The van der Waals surface area contributed by atoms with Gasteiger partial charge in [-0.2, -0.15) is 0 Å². The van der Waals surface area contributed by atoms with Gasteiger partial charge >= 0.3 is 12.0 Å². The van der Waals surface area contributed by atoms with Gasteiger partial charge in [0.05, 0.1) is 0 Å². The van der Waals surface area contributed by atoms with Crippen LogP contribution in [0, 0.1) is 0 Å². The number of rotatable bonds is 8. The van der Waals surface area contributed by atoms with E-state index in [-0.39, 0.29) is 19.0 Å².